The third-order valence-electron chi connectivity index (χ3n) is 5.59. The van der Waals surface area contributed by atoms with Gasteiger partial charge < -0.3 is 14.2 Å². The molecule has 0 aliphatic carbocycles. The maximum Gasteiger partial charge on any atom is 0.289 e. The lowest BCUT2D eigenvalue weighted by Crippen LogP contribution is -2.51. The van der Waals surface area contributed by atoms with Crippen LogP contribution in [-0.2, 0) is 4.79 Å². The molecule has 0 radical (unpaired) electrons. The molecule has 2 fully saturated rings. The summed E-state index contributed by atoms with van der Waals surface area (Å²) < 4.78 is 5.81. The highest BCUT2D eigenvalue weighted by Crippen LogP contribution is 2.31. The van der Waals surface area contributed by atoms with Crippen LogP contribution in [0.1, 0.15) is 29.0 Å². The Kier molecular flexibility index (Phi) is 5.10. The molecule has 2 aromatic rings. The van der Waals surface area contributed by atoms with Crippen LogP contribution >= 0.6 is 11.6 Å². The summed E-state index contributed by atoms with van der Waals surface area (Å²) in [4.78, 5) is 31.1. The van der Waals surface area contributed by atoms with Crippen LogP contribution in [-0.4, -0.2) is 72.3 Å². The lowest BCUT2D eigenvalue weighted by atomic mass is 10.1. The summed E-state index contributed by atoms with van der Waals surface area (Å²) >= 11 is 6.19. The molecule has 2 amide bonds. The minimum Gasteiger partial charge on any atom is -0.449 e. The second-order valence-electron chi connectivity index (χ2n) is 7.33. The van der Waals surface area contributed by atoms with Gasteiger partial charge in [-0.15, -0.1) is 0 Å². The standard InChI is InChI=1S/C20H24ClN3O3/c1-14-15-5-4-6-16(21)19(15)27-18(14)20(26)24-11-9-22(10-12-24)13-17(25)23-7-2-3-8-23/h4-6H,2-3,7-13H2,1H3. The first-order valence-corrected chi connectivity index (χ1v) is 9.89. The van der Waals surface area contributed by atoms with Crippen molar-refractivity contribution in [3.05, 3.63) is 34.5 Å². The van der Waals surface area contributed by atoms with E-state index in [9.17, 15) is 9.59 Å². The fourth-order valence-electron chi connectivity index (χ4n) is 3.92. The maximum absolute atomic E-state index is 12.9. The molecule has 2 saturated heterocycles. The van der Waals surface area contributed by atoms with Crippen molar-refractivity contribution in [2.24, 2.45) is 0 Å². The third-order valence-corrected chi connectivity index (χ3v) is 5.88. The number of aryl methyl sites for hydroxylation is 1. The van der Waals surface area contributed by atoms with Gasteiger partial charge in [0.05, 0.1) is 11.6 Å². The summed E-state index contributed by atoms with van der Waals surface area (Å²) in [7, 11) is 0. The van der Waals surface area contributed by atoms with Gasteiger partial charge in [-0.05, 0) is 25.8 Å². The first-order chi connectivity index (χ1) is 13.0. The van der Waals surface area contributed by atoms with E-state index >= 15 is 0 Å². The van der Waals surface area contributed by atoms with E-state index in [0.717, 1.165) is 36.9 Å². The second kappa shape index (κ2) is 7.52. The minimum absolute atomic E-state index is 0.106. The first-order valence-electron chi connectivity index (χ1n) is 9.51. The van der Waals surface area contributed by atoms with E-state index in [2.05, 4.69) is 4.90 Å². The quantitative estimate of drug-likeness (QED) is 0.810. The number of nitrogens with zero attached hydrogens (tertiary/aromatic N) is 3. The summed E-state index contributed by atoms with van der Waals surface area (Å²) in [6.45, 7) is 6.68. The molecule has 27 heavy (non-hydrogen) atoms. The predicted octanol–water partition coefficient (Wildman–Crippen LogP) is 2.77. The smallest absolute Gasteiger partial charge is 0.289 e. The van der Waals surface area contributed by atoms with Gasteiger partial charge in [0.25, 0.3) is 5.91 Å². The molecule has 1 aromatic heterocycles. The summed E-state index contributed by atoms with van der Waals surface area (Å²) in [5.41, 5.74) is 1.39. The Labute approximate surface area is 163 Å². The number of rotatable bonds is 3. The molecular formula is C20H24ClN3O3. The molecule has 2 aliphatic heterocycles. The molecule has 0 bridgehead atoms. The van der Waals surface area contributed by atoms with Crippen molar-refractivity contribution in [1.82, 2.24) is 14.7 Å². The normalized spacial score (nSPS) is 18.4. The van der Waals surface area contributed by atoms with Crippen molar-refractivity contribution in [1.29, 1.82) is 0 Å². The van der Waals surface area contributed by atoms with Crippen molar-refractivity contribution in [2.75, 3.05) is 45.8 Å². The molecule has 0 spiro atoms. The summed E-state index contributed by atoms with van der Waals surface area (Å²) in [6.07, 6.45) is 2.21. The summed E-state index contributed by atoms with van der Waals surface area (Å²) in [5, 5.41) is 1.39. The zero-order valence-electron chi connectivity index (χ0n) is 15.5. The fourth-order valence-corrected chi connectivity index (χ4v) is 4.14. The van der Waals surface area contributed by atoms with Gasteiger partial charge >= 0.3 is 0 Å². The number of benzene rings is 1. The Morgan fingerprint density at radius 3 is 2.41 bits per heavy atom. The summed E-state index contributed by atoms with van der Waals surface area (Å²) in [6, 6.07) is 5.54. The van der Waals surface area contributed by atoms with Gasteiger partial charge in [0, 0.05) is 50.2 Å². The molecule has 0 N–H and O–H groups in total. The Hall–Kier alpha value is -2.05. The van der Waals surface area contributed by atoms with Crippen LogP contribution in [0.15, 0.2) is 22.6 Å². The molecular weight excluding hydrogens is 366 g/mol. The van der Waals surface area contributed by atoms with Crippen LogP contribution in [0.3, 0.4) is 0 Å². The lowest BCUT2D eigenvalue weighted by molar-refractivity contribution is -0.131. The van der Waals surface area contributed by atoms with E-state index in [-0.39, 0.29) is 11.8 Å². The molecule has 4 rings (SSSR count). The second-order valence-corrected chi connectivity index (χ2v) is 7.74. The third kappa shape index (κ3) is 3.56. The van der Waals surface area contributed by atoms with Crippen molar-refractivity contribution >= 4 is 34.4 Å². The average molecular weight is 390 g/mol. The highest BCUT2D eigenvalue weighted by atomic mass is 35.5. The molecule has 6 nitrogen and oxygen atoms in total. The largest absolute Gasteiger partial charge is 0.449 e. The number of hydrogen-bond donors (Lipinski definition) is 0. The zero-order chi connectivity index (χ0) is 19.0. The van der Waals surface area contributed by atoms with E-state index < -0.39 is 0 Å². The van der Waals surface area contributed by atoms with E-state index in [4.69, 9.17) is 16.0 Å². The number of piperazine rings is 1. The average Bonchev–Trinajstić information content (AvgIpc) is 3.32. The zero-order valence-corrected chi connectivity index (χ0v) is 16.3. The minimum atomic E-state index is -0.106. The molecule has 0 saturated carbocycles. The van der Waals surface area contributed by atoms with Crippen LogP contribution in [0.4, 0.5) is 0 Å². The first kappa shape index (κ1) is 18.3. The van der Waals surface area contributed by atoms with Gasteiger partial charge in [-0.1, -0.05) is 23.7 Å². The van der Waals surface area contributed by atoms with Gasteiger partial charge in [-0.2, -0.15) is 0 Å². The van der Waals surface area contributed by atoms with E-state index in [1.807, 2.05) is 24.0 Å². The van der Waals surface area contributed by atoms with E-state index in [0.29, 0.717) is 49.1 Å². The van der Waals surface area contributed by atoms with E-state index in [1.54, 1.807) is 11.0 Å². The Morgan fingerprint density at radius 2 is 1.74 bits per heavy atom. The van der Waals surface area contributed by atoms with Crippen molar-refractivity contribution < 1.29 is 14.0 Å². The molecule has 7 heteroatoms. The highest BCUT2D eigenvalue weighted by molar-refractivity contribution is 6.35. The molecule has 2 aliphatic rings. The maximum atomic E-state index is 12.9. The van der Waals surface area contributed by atoms with Crippen LogP contribution in [0.5, 0.6) is 0 Å². The van der Waals surface area contributed by atoms with Crippen molar-refractivity contribution in [2.45, 2.75) is 19.8 Å². The number of carbonyl (C=O) groups excluding carboxylic acids is 2. The Bertz CT molecular complexity index is 865. The molecule has 1 aromatic carbocycles. The van der Waals surface area contributed by atoms with Crippen LogP contribution < -0.4 is 0 Å². The molecule has 0 unspecified atom stereocenters. The Morgan fingerprint density at radius 1 is 1.04 bits per heavy atom. The summed E-state index contributed by atoms with van der Waals surface area (Å²) in [5.74, 6) is 0.458. The van der Waals surface area contributed by atoms with Crippen LogP contribution in [0.2, 0.25) is 5.02 Å². The van der Waals surface area contributed by atoms with Crippen LogP contribution in [0, 0.1) is 6.92 Å². The van der Waals surface area contributed by atoms with Gasteiger partial charge in [0.1, 0.15) is 0 Å². The number of para-hydroxylation sites is 1. The number of hydrogen-bond acceptors (Lipinski definition) is 4. The monoisotopic (exact) mass is 389 g/mol. The van der Waals surface area contributed by atoms with Gasteiger partial charge in [0.2, 0.25) is 5.91 Å². The fraction of sp³-hybridized carbons (Fsp3) is 0.500. The van der Waals surface area contributed by atoms with Gasteiger partial charge in [-0.3, -0.25) is 14.5 Å². The van der Waals surface area contributed by atoms with E-state index in [1.165, 1.54) is 0 Å². The lowest BCUT2D eigenvalue weighted by Gasteiger charge is -2.34. The topological polar surface area (TPSA) is 57.0 Å². The number of furan rings is 1. The van der Waals surface area contributed by atoms with Gasteiger partial charge in [-0.25, -0.2) is 0 Å². The number of likely N-dealkylation sites (tertiary alicyclic amines) is 1. The van der Waals surface area contributed by atoms with Gasteiger partial charge in [0.15, 0.2) is 11.3 Å². The molecule has 3 heterocycles. The molecule has 0 atom stereocenters. The van der Waals surface area contributed by atoms with Crippen molar-refractivity contribution in [3.8, 4) is 0 Å². The Balaban J connectivity index is 1.39. The number of fused-ring (bicyclic) bond motifs is 1. The SMILES string of the molecule is Cc1c(C(=O)N2CCN(CC(=O)N3CCCC3)CC2)oc2c(Cl)cccc12. The number of carbonyl (C=O) groups is 2. The number of halogens is 1. The van der Waals surface area contributed by atoms with Crippen LogP contribution in [0.25, 0.3) is 11.0 Å². The molecule has 144 valence electrons. The highest BCUT2D eigenvalue weighted by Gasteiger charge is 2.28. The van der Waals surface area contributed by atoms with Crippen molar-refractivity contribution in [3.63, 3.8) is 0 Å². The number of amides is 2. The predicted molar refractivity (Wildman–Crippen MR) is 104 cm³/mol.